The Labute approximate surface area is 142 Å². The van der Waals surface area contributed by atoms with Crippen LogP contribution in [-0.2, 0) is 0 Å². The molecule has 4 rings (SSSR count). The number of nitrogens with two attached hydrogens (primary N) is 1. The molecule has 3 N–H and O–H groups in total. The van der Waals surface area contributed by atoms with Crippen molar-refractivity contribution >= 4 is 23.1 Å². The first-order chi connectivity index (χ1) is 11.6. The number of aromatic nitrogens is 3. The third kappa shape index (κ3) is 2.35. The number of benzene rings is 2. The van der Waals surface area contributed by atoms with E-state index in [1.54, 1.807) is 12.1 Å². The summed E-state index contributed by atoms with van der Waals surface area (Å²) in [4.78, 5) is 15.7. The van der Waals surface area contributed by atoms with E-state index in [0.717, 1.165) is 11.1 Å². The molecule has 0 spiro atoms. The average Bonchev–Trinajstić information content (AvgIpc) is 2.93. The highest BCUT2D eigenvalue weighted by atomic mass is 35.5. The SMILES string of the molecule is Nc1nn2c(=O)cc(-c3ccc(Cl)cc3)[nH]c2c1-c1ccccc1. The molecule has 0 saturated carbocycles. The fourth-order valence-electron chi connectivity index (χ4n) is 2.73. The zero-order chi connectivity index (χ0) is 16.7. The average molecular weight is 337 g/mol. The summed E-state index contributed by atoms with van der Waals surface area (Å²) < 4.78 is 1.29. The van der Waals surface area contributed by atoms with Gasteiger partial charge in [0.25, 0.3) is 5.56 Å². The van der Waals surface area contributed by atoms with Crippen molar-refractivity contribution in [1.29, 1.82) is 0 Å². The lowest BCUT2D eigenvalue weighted by Gasteiger charge is -2.05. The molecule has 0 aliphatic carbocycles. The maximum absolute atomic E-state index is 12.4. The van der Waals surface area contributed by atoms with E-state index in [4.69, 9.17) is 17.3 Å². The van der Waals surface area contributed by atoms with Crippen LogP contribution in [0.5, 0.6) is 0 Å². The van der Waals surface area contributed by atoms with E-state index < -0.39 is 0 Å². The molecular weight excluding hydrogens is 324 g/mol. The molecule has 2 aromatic heterocycles. The van der Waals surface area contributed by atoms with Crippen molar-refractivity contribution in [2.45, 2.75) is 0 Å². The van der Waals surface area contributed by atoms with Gasteiger partial charge in [-0.15, -0.1) is 5.10 Å². The van der Waals surface area contributed by atoms with Crippen LogP contribution in [0.2, 0.25) is 5.02 Å². The van der Waals surface area contributed by atoms with Crippen molar-refractivity contribution < 1.29 is 0 Å². The van der Waals surface area contributed by atoms with Gasteiger partial charge in [-0.3, -0.25) is 4.79 Å². The van der Waals surface area contributed by atoms with Gasteiger partial charge in [0.2, 0.25) is 0 Å². The second-order valence-corrected chi connectivity index (χ2v) is 5.85. The highest BCUT2D eigenvalue weighted by Gasteiger charge is 2.15. The first-order valence-electron chi connectivity index (χ1n) is 7.36. The zero-order valence-corrected chi connectivity index (χ0v) is 13.3. The molecule has 0 fully saturated rings. The molecule has 0 aliphatic rings. The minimum atomic E-state index is -0.248. The fourth-order valence-corrected chi connectivity index (χ4v) is 2.86. The summed E-state index contributed by atoms with van der Waals surface area (Å²) >= 11 is 5.93. The Morgan fingerprint density at radius 3 is 2.42 bits per heavy atom. The van der Waals surface area contributed by atoms with Crippen LogP contribution < -0.4 is 11.3 Å². The molecule has 0 saturated heterocycles. The van der Waals surface area contributed by atoms with Gasteiger partial charge in [-0.2, -0.15) is 4.52 Å². The van der Waals surface area contributed by atoms with Crippen LogP contribution in [0.15, 0.2) is 65.5 Å². The largest absolute Gasteiger partial charge is 0.382 e. The maximum Gasteiger partial charge on any atom is 0.274 e. The molecule has 2 heterocycles. The first-order valence-corrected chi connectivity index (χ1v) is 7.74. The van der Waals surface area contributed by atoms with Gasteiger partial charge < -0.3 is 10.7 Å². The maximum atomic E-state index is 12.4. The standard InChI is InChI=1S/C18H13ClN4O/c19-13-8-6-11(7-9-13)14-10-15(24)23-18(21-14)16(17(20)22-23)12-4-2-1-3-5-12/h1-10,21H,(H2,20,22). The van der Waals surface area contributed by atoms with Gasteiger partial charge in [-0.25, -0.2) is 0 Å². The lowest BCUT2D eigenvalue weighted by molar-refractivity contribution is 0.906. The van der Waals surface area contributed by atoms with Crippen LogP contribution in [-0.4, -0.2) is 14.6 Å². The summed E-state index contributed by atoms with van der Waals surface area (Å²) in [5, 5.41) is 4.81. The summed E-state index contributed by atoms with van der Waals surface area (Å²) in [6.45, 7) is 0. The summed E-state index contributed by atoms with van der Waals surface area (Å²) in [6.07, 6.45) is 0. The van der Waals surface area contributed by atoms with Crippen molar-refractivity contribution in [3.05, 3.63) is 76.0 Å². The van der Waals surface area contributed by atoms with E-state index in [-0.39, 0.29) is 5.56 Å². The minimum absolute atomic E-state index is 0.248. The topological polar surface area (TPSA) is 76.2 Å². The first kappa shape index (κ1) is 14.5. The Hall–Kier alpha value is -3.05. The number of rotatable bonds is 2. The predicted molar refractivity (Wildman–Crippen MR) is 96.1 cm³/mol. The summed E-state index contributed by atoms with van der Waals surface area (Å²) in [6, 6.07) is 18.4. The molecule has 4 aromatic rings. The third-order valence-electron chi connectivity index (χ3n) is 3.86. The van der Waals surface area contributed by atoms with Crippen LogP contribution in [0, 0.1) is 0 Å². The molecule has 0 aliphatic heterocycles. The van der Waals surface area contributed by atoms with Gasteiger partial charge in [0.1, 0.15) is 5.65 Å². The van der Waals surface area contributed by atoms with Crippen molar-refractivity contribution in [1.82, 2.24) is 14.6 Å². The van der Waals surface area contributed by atoms with E-state index in [0.29, 0.717) is 27.7 Å². The number of aromatic amines is 1. The van der Waals surface area contributed by atoms with E-state index >= 15 is 0 Å². The monoisotopic (exact) mass is 336 g/mol. The summed E-state index contributed by atoms with van der Waals surface area (Å²) in [5.74, 6) is 0.308. The number of hydrogen-bond acceptors (Lipinski definition) is 3. The molecule has 5 nitrogen and oxygen atoms in total. The van der Waals surface area contributed by atoms with Crippen LogP contribution in [0.1, 0.15) is 0 Å². The van der Waals surface area contributed by atoms with Crippen LogP contribution in [0.25, 0.3) is 28.0 Å². The number of halogens is 1. The van der Waals surface area contributed by atoms with E-state index in [2.05, 4.69) is 10.1 Å². The quantitative estimate of drug-likeness (QED) is 0.587. The van der Waals surface area contributed by atoms with Gasteiger partial charge >= 0.3 is 0 Å². The van der Waals surface area contributed by atoms with Crippen LogP contribution >= 0.6 is 11.6 Å². The number of anilines is 1. The highest BCUT2D eigenvalue weighted by molar-refractivity contribution is 6.30. The minimum Gasteiger partial charge on any atom is -0.382 e. The van der Waals surface area contributed by atoms with Gasteiger partial charge in [-0.1, -0.05) is 54.1 Å². The zero-order valence-electron chi connectivity index (χ0n) is 12.5. The van der Waals surface area contributed by atoms with Crippen LogP contribution in [0.3, 0.4) is 0 Å². The molecule has 0 radical (unpaired) electrons. The van der Waals surface area contributed by atoms with Crippen molar-refractivity contribution in [3.63, 3.8) is 0 Å². The third-order valence-corrected chi connectivity index (χ3v) is 4.11. The second-order valence-electron chi connectivity index (χ2n) is 5.41. The van der Waals surface area contributed by atoms with Crippen molar-refractivity contribution in [3.8, 4) is 22.4 Å². The second kappa shape index (κ2) is 5.54. The molecule has 24 heavy (non-hydrogen) atoms. The smallest absolute Gasteiger partial charge is 0.274 e. The number of H-pyrrole nitrogens is 1. The van der Waals surface area contributed by atoms with E-state index in [9.17, 15) is 4.79 Å². The molecule has 6 heteroatoms. The van der Waals surface area contributed by atoms with E-state index in [1.807, 2.05) is 42.5 Å². The lowest BCUT2D eigenvalue weighted by atomic mass is 10.1. The van der Waals surface area contributed by atoms with Crippen LogP contribution in [0.4, 0.5) is 5.82 Å². The molecule has 0 bridgehead atoms. The fraction of sp³-hybridized carbons (Fsp3) is 0. The number of fused-ring (bicyclic) bond motifs is 1. The predicted octanol–water partition coefficient (Wildman–Crippen LogP) is 3.59. The number of hydrogen-bond donors (Lipinski definition) is 2. The van der Waals surface area contributed by atoms with Gasteiger partial charge in [0.05, 0.1) is 11.3 Å². The Bertz CT molecular complexity index is 1080. The van der Waals surface area contributed by atoms with Gasteiger partial charge in [0.15, 0.2) is 5.82 Å². The summed E-state index contributed by atoms with van der Waals surface area (Å²) in [5.41, 5.74) is 9.52. The lowest BCUT2D eigenvalue weighted by Crippen LogP contribution is -2.14. The van der Waals surface area contributed by atoms with Crippen molar-refractivity contribution in [2.75, 3.05) is 5.73 Å². The van der Waals surface area contributed by atoms with Gasteiger partial charge in [-0.05, 0) is 23.3 Å². The Morgan fingerprint density at radius 1 is 1.00 bits per heavy atom. The van der Waals surface area contributed by atoms with Crippen molar-refractivity contribution in [2.24, 2.45) is 0 Å². The van der Waals surface area contributed by atoms with Gasteiger partial charge in [0, 0.05) is 11.1 Å². The molecule has 0 unspecified atom stereocenters. The molecule has 118 valence electrons. The molecule has 0 amide bonds. The number of nitrogens with zero attached hydrogens (tertiary/aromatic N) is 2. The van der Waals surface area contributed by atoms with E-state index in [1.165, 1.54) is 10.6 Å². The molecular formula is C18H13ClN4O. The highest BCUT2D eigenvalue weighted by Crippen LogP contribution is 2.29. The Kier molecular flexibility index (Phi) is 3.36. The Morgan fingerprint density at radius 2 is 1.71 bits per heavy atom. The normalized spacial score (nSPS) is 11.0. The summed E-state index contributed by atoms with van der Waals surface area (Å²) in [7, 11) is 0. The number of nitrogen functional groups attached to an aromatic ring is 1. The molecule has 2 aromatic carbocycles. The Balaban J connectivity index is 2.00. The number of nitrogens with one attached hydrogen (secondary N) is 1. The molecule has 0 atom stereocenters.